The first-order chi connectivity index (χ1) is 24.9. The number of rotatable bonds is 30. The van der Waals surface area contributed by atoms with Gasteiger partial charge in [-0.1, -0.05) is 52.4 Å². The zero-order chi connectivity index (χ0) is 36.5. The minimum Gasteiger partial charge on any atom is -0.0654 e. The molecular weight excluding hydrogens is 643 g/mol. The molecule has 0 unspecified atom stereocenters. The number of unbranched alkanes of at least 4 members (excludes halogenated alkanes) is 22. The van der Waals surface area contributed by atoms with Crippen LogP contribution in [0.3, 0.4) is 0 Å². The van der Waals surface area contributed by atoms with Gasteiger partial charge in [0.25, 0.3) is 0 Å². The van der Waals surface area contributed by atoms with Gasteiger partial charge in [-0.3, -0.25) is 0 Å². The Hall–Kier alpha value is -2.19. The summed E-state index contributed by atoms with van der Waals surface area (Å²) in [5, 5.41) is 1.10. The van der Waals surface area contributed by atoms with Crippen LogP contribution >= 0.6 is 7.28 Å². The van der Waals surface area contributed by atoms with Crippen LogP contribution in [0.4, 0.5) is 0 Å². The molecule has 0 amide bonds. The van der Waals surface area contributed by atoms with Crippen LogP contribution in [0.2, 0.25) is 0 Å². The zero-order valence-corrected chi connectivity index (χ0v) is 34.0. The summed E-state index contributed by atoms with van der Waals surface area (Å²) in [6, 6.07) is 23.6. The molecule has 3 aromatic carbocycles. The molecule has 3 aromatic rings. The summed E-state index contributed by atoms with van der Waals surface area (Å²) >= 11 is 0. The molecule has 0 saturated carbocycles. The second-order valence-corrected chi connectivity index (χ2v) is 18.4. The van der Waals surface area contributed by atoms with Gasteiger partial charge in [-0.25, -0.2) is 0 Å². The van der Waals surface area contributed by atoms with Gasteiger partial charge in [-0.15, -0.1) is 0 Å². The van der Waals surface area contributed by atoms with Crippen molar-refractivity contribution in [3.8, 4) is 5.75 Å². The maximum absolute atomic E-state index is 12.9. The van der Waals surface area contributed by atoms with E-state index in [2.05, 4.69) is 26.0 Å². The van der Waals surface area contributed by atoms with Crippen LogP contribution in [-0.4, -0.2) is 9.79 Å². The van der Waals surface area contributed by atoms with E-state index in [1.165, 1.54) is 128 Å². The van der Waals surface area contributed by atoms with Crippen molar-refractivity contribution in [1.82, 2.24) is 0 Å². The Kier molecular flexibility index (Phi) is 21.1. The van der Waals surface area contributed by atoms with E-state index >= 15 is 0 Å². The fourth-order valence-electron chi connectivity index (χ4n) is 7.57. The molecule has 0 fully saturated rings. The molecule has 0 aliphatic rings. The van der Waals surface area contributed by atoms with Crippen molar-refractivity contribution in [3.05, 3.63) is 89.5 Å². The number of hydrogen-bond acceptors (Lipinski definition) is 3. The molecule has 0 aliphatic carbocycles. The summed E-state index contributed by atoms with van der Waals surface area (Å²) in [6.07, 6.45) is 32.9. The second kappa shape index (κ2) is 24.9. The molecule has 0 aliphatic heterocycles. The third kappa shape index (κ3) is 15.8. The molecule has 0 bridgehead atoms. The molecule has 0 spiro atoms. The topological polar surface area (TPSA) is 49.7 Å². The second-order valence-electron chi connectivity index (χ2n) is 15.4. The summed E-state index contributed by atoms with van der Waals surface area (Å²) in [4.78, 5) is 25.9. The average molecular weight is 719 g/mol. The van der Waals surface area contributed by atoms with Gasteiger partial charge in [0.05, 0.1) is 0 Å². The fraction of sp³-hybridized carbons (Fsp3) is 0.617. The first-order valence-corrected chi connectivity index (χ1v) is 23.4. The molecule has 0 heterocycles. The predicted molar refractivity (Wildman–Crippen MR) is 225 cm³/mol. The van der Waals surface area contributed by atoms with E-state index in [1.807, 2.05) is 67.6 Å². The molecule has 2 N–H and O–H groups in total. The van der Waals surface area contributed by atoms with Crippen molar-refractivity contribution in [3.63, 3.8) is 0 Å². The minimum atomic E-state index is -5.07. The Balaban J connectivity index is 1.64. The number of hydrogen-bond donors (Lipinski definition) is 2. The standard InChI is InChI=1S/C47H75O3P/c1-4-6-8-10-12-14-16-18-20-22-24-26-32-43-34-28-30-36-46(43)51(48,49,50-45-40-38-42(3)39-41-45)47-37-31-29-35-44(47)33-27-25-23-21-19-17-15-13-11-9-7-5-2/h28-31,34-41,48-49H,4-27,32-33H2,1-3H3. The maximum atomic E-state index is 12.9. The van der Waals surface area contributed by atoms with E-state index in [1.54, 1.807) is 0 Å². The first kappa shape index (κ1) is 43.2. The van der Waals surface area contributed by atoms with Crippen LogP contribution in [0.25, 0.3) is 0 Å². The summed E-state index contributed by atoms with van der Waals surface area (Å²) in [7, 11) is -5.07. The van der Waals surface area contributed by atoms with Gasteiger partial charge in [-0.2, -0.15) is 0 Å². The Morgan fingerprint density at radius 3 is 1.08 bits per heavy atom. The minimum absolute atomic E-state index is 0.489. The van der Waals surface area contributed by atoms with Gasteiger partial charge in [-0.05, 0) is 0 Å². The smallest absolute Gasteiger partial charge is 0.0654 e. The number of benzene rings is 3. The van der Waals surface area contributed by atoms with Gasteiger partial charge in [0.15, 0.2) is 0 Å². The molecule has 0 aromatic heterocycles. The van der Waals surface area contributed by atoms with Crippen molar-refractivity contribution in [2.45, 2.75) is 188 Å². The van der Waals surface area contributed by atoms with Gasteiger partial charge in [0.2, 0.25) is 0 Å². The van der Waals surface area contributed by atoms with E-state index in [9.17, 15) is 9.79 Å². The molecule has 0 saturated heterocycles. The molecule has 3 nitrogen and oxygen atoms in total. The van der Waals surface area contributed by atoms with E-state index in [0.29, 0.717) is 16.4 Å². The normalized spacial score (nSPS) is 12.5. The van der Waals surface area contributed by atoms with E-state index in [4.69, 9.17) is 4.52 Å². The van der Waals surface area contributed by atoms with Crippen LogP contribution in [0.1, 0.15) is 185 Å². The van der Waals surface area contributed by atoms with Crippen molar-refractivity contribution in [2.24, 2.45) is 0 Å². The monoisotopic (exact) mass is 719 g/mol. The van der Waals surface area contributed by atoms with Crippen molar-refractivity contribution in [1.29, 1.82) is 0 Å². The van der Waals surface area contributed by atoms with E-state index in [-0.39, 0.29) is 0 Å². The van der Waals surface area contributed by atoms with Gasteiger partial charge in [0.1, 0.15) is 0 Å². The van der Waals surface area contributed by atoms with Gasteiger partial charge in [0, 0.05) is 0 Å². The zero-order valence-electron chi connectivity index (χ0n) is 33.1. The Labute approximate surface area is 314 Å². The fourth-order valence-corrected chi connectivity index (χ4v) is 10.7. The third-order valence-electron chi connectivity index (χ3n) is 10.8. The van der Waals surface area contributed by atoms with Crippen molar-refractivity contribution < 1.29 is 14.3 Å². The van der Waals surface area contributed by atoms with Crippen molar-refractivity contribution in [2.75, 3.05) is 0 Å². The van der Waals surface area contributed by atoms with Crippen LogP contribution in [0.5, 0.6) is 5.75 Å². The molecular formula is C47H75O3P. The summed E-state index contributed by atoms with van der Waals surface area (Å²) in [6.45, 7) is 6.60. The van der Waals surface area contributed by atoms with Gasteiger partial charge < -0.3 is 0 Å². The molecule has 286 valence electrons. The molecule has 0 radical (unpaired) electrons. The van der Waals surface area contributed by atoms with E-state index in [0.717, 1.165) is 55.2 Å². The first-order valence-electron chi connectivity index (χ1n) is 21.3. The Morgan fingerprint density at radius 1 is 0.412 bits per heavy atom. The molecule has 51 heavy (non-hydrogen) atoms. The molecule has 4 heteroatoms. The van der Waals surface area contributed by atoms with Gasteiger partial charge >= 0.3 is 263 Å². The van der Waals surface area contributed by atoms with Crippen LogP contribution in [-0.2, 0) is 12.8 Å². The Morgan fingerprint density at radius 2 is 0.725 bits per heavy atom. The number of aryl methyl sites for hydroxylation is 3. The average Bonchev–Trinajstić information content (AvgIpc) is 3.14. The summed E-state index contributed by atoms with van der Waals surface area (Å²) in [5.41, 5.74) is 3.08. The Bertz CT molecular complexity index is 1240. The van der Waals surface area contributed by atoms with Crippen LogP contribution < -0.4 is 15.1 Å². The summed E-state index contributed by atoms with van der Waals surface area (Å²) < 4.78 is 6.57. The quantitative estimate of drug-likeness (QED) is 0.0533. The molecule has 0 atom stereocenters. The third-order valence-corrected chi connectivity index (χ3v) is 13.9. The van der Waals surface area contributed by atoms with E-state index < -0.39 is 7.28 Å². The summed E-state index contributed by atoms with van der Waals surface area (Å²) in [5.74, 6) is 0.489. The molecule has 3 rings (SSSR count). The SMILES string of the molecule is CCCCCCCCCCCCCCc1ccccc1P(O)(O)(Oc1ccc(C)cc1)c1ccccc1CCCCCCCCCCCCCC. The van der Waals surface area contributed by atoms with Crippen molar-refractivity contribution >= 4 is 17.9 Å². The van der Waals surface area contributed by atoms with Crippen LogP contribution in [0, 0.1) is 6.92 Å². The van der Waals surface area contributed by atoms with Crippen LogP contribution in [0.15, 0.2) is 72.8 Å². The predicted octanol–water partition coefficient (Wildman–Crippen LogP) is 13.8.